The second-order valence-electron chi connectivity index (χ2n) is 13.1. The second kappa shape index (κ2) is 8.56. The Labute approximate surface area is 211 Å². The summed E-state index contributed by atoms with van der Waals surface area (Å²) in [5, 5.41) is 0. The van der Waals surface area contributed by atoms with E-state index in [-0.39, 0.29) is 33.4 Å². The summed E-state index contributed by atoms with van der Waals surface area (Å²) in [6.07, 6.45) is 12.8. The van der Waals surface area contributed by atoms with Crippen molar-refractivity contribution in [1.29, 1.82) is 0 Å². The summed E-state index contributed by atoms with van der Waals surface area (Å²) >= 11 is 0. The van der Waals surface area contributed by atoms with E-state index in [1.54, 1.807) is 12.5 Å². The quantitative estimate of drug-likeness (QED) is 0.247. The number of methoxy groups -OCH3 is 1. The molecule has 4 rings (SSSR count). The Morgan fingerprint density at radius 1 is 1.09 bits per heavy atom. The van der Waals surface area contributed by atoms with Crippen LogP contribution in [0.2, 0.25) is 0 Å². The SMILES string of the molecule is COC(=O)/C(C)=C/C(=O)C[C@@H](C)[C@]1(C)CC[C@@]2(C)C3=CC[C@H]4C(C)(C)C(=O)CC[C@]4(C)[C@@H]3CC=C21. The largest absolute Gasteiger partial charge is 0.466 e. The fourth-order valence-electron chi connectivity index (χ4n) is 8.59. The first kappa shape index (κ1) is 26.1. The first-order valence-corrected chi connectivity index (χ1v) is 13.5. The molecule has 0 aromatic heterocycles. The summed E-state index contributed by atoms with van der Waals surface area (Å²) < 4.78 is 4.74. The molecule has 4 aliphatic rings. The molecule has 192 valence electrons. The van der Waals surface area contributed by atoms with Crippen LogP contribution in [0.3, 0.4) is 0 Å². The number of ether oxygens (including phenoxy) is 1. The Balaban J connectivity index is 1.61. The predicted octanol–water partition coefficient (Wildman–Crippen LogP) is 6.80. The highest BCUT2D eigenvalue weighted by Crippen LogP contribution is 2.69. The van der Waals surface area contributed by atoms with Gasteiger partial charge in [0, 0.05) is 29.2 Å². The number of ketones is 2. The van der Waals surface area contributed by atoms with Gasteiger partial charge in [-0.3, -0.25) is 9.59 Å². The molecule has 2 saturated carbocycles. The lowest BCUT2D eigenvalue weighted by Gasteiger charge is -2.59. The molecule has 0 heterocycles. The molecular weight excluding hydrogens is 436 g/mol. The van der Waals surface area contributed by atoms with Gasteiger partial charge in [-0.1, -0.05) is 64.8 Å². The highest BCUT2D eigenvalue weighted by atomic mass is 16.5. The molecule has 6 atom stereocenters. The monoisotopic (exact) mass is 480 g/mol. The van der Waals surface area contributed by atoms with Crippen LogP contribution in [-0.4, -0.2) is 24.6 Å². The maximum Gasteiger partial charge on any atom is 0.333 e. The molecule has 0 aromatic carbocycles. The third-order valence-corrected chi connectivity index (χ3v) is 11.1. The lowest BCUT2D eigenvalue weighted by Crippen LogP contribution is -2.54. The minimum atomic E-state index is -0.449. The minimum Gasteiger partial charge on any atom is -0.466 e. The molecule has 2 fully saturated rings. The van der Waals surface area contributed by atoms with Crippen molar-refractivity contribution in [3.8, 4) is 0 Å². The van der Waals surface area contributed by atoms with E-state index >= 15 is 0 Å². The summed E-state index contributed by atoms with van der Waals surface area (Å²) in [6.45, 7) is 15.4. The van der Waals surface area contributed by atoms with Crippen LogP contribution in [0.15, 0.2) is 34.9 Å². The van der Waals surface area contributed by atoms with Crippen molar-refractivity contribution in [2.45, 2.75) is 93.4 Å². The van der Waals surface area contributed by atoms with Crippen LogP contribution >= 0.6 is 0 Å². The minimum absolute atomic E-state index is 0.00847. The zero-order valence-electron chi connectivity index (χ0n) is 23.0. The molecule has 0 amide bonds. The van der Waals surface area contributed by atoms with Gasteiger partial charge in [0.1, 0.15) is 5.78 Å². The fraction of sp³-hybridized carbons (Fsp3) is 0.710. The number of carbonyl (C=O) groups is 3. The van der Waals surface area contributed by atoms with Crippen molar-refractivity contribution in [3.63, 3.8) is 0 Å². The molecule has 4 heteroatoms. The van der Waals surface area contributed by atoms with Crippen molar-refractivity contribution in [1.82, 2.24) is 0 Å². The molecule has 0 unspecified atom stereocenters. The zero-order valence-corrected chi connectivity index (χ0v) is 23.0. The van der Waals surface area contributed by atoms with Crippen molar-refractivity contribution < 1.29 is 19.1 Å². The molecule has 35 heavy (non-hydrogen) atoms. The first-order valence-electron chi connectivity index (χ1n) is 13.5. The summed E-state index contributed by atoms with van der Waals surface area (Å²) in [4.78, 5) is 37.3. The number of Topliss-reactive ketones (excluding diaryl/α,β-unsaturated/α-hetero) is 1. The highest BCUT2D eigenvalue weighted by molar-refractivity contribution is 5.99. The van der Waals surface area contributed by atoms with Crippen molar-refractivity contribution in [2.75, 3.05) is 7.11 Å². The number of hydrogen-bond acceptors (Lipinski definition) is 4. The molecular formula is C31H44O4. The lowest BCUT2D eigenvalue weighted by atomic mass is 9.44. The van der Waals surface area contributed by atoms with Crippen LogP contribution in [0.1, 0.15) is 93.4 Å². The number of esters is 1. The third kappa shape index (κ3) is 3.81. The van der Waals surface area contributed by atoms with Crippen LogP contribution in [-0.2, 0) is 19.1 Å². The Hall–Kier alpha value is -1.97. The van der Waals surface area contributed by atoms with E-state index in [9.17, 15) is 14.4 Å². The smallest absolute Gasteiger partial charge is 0.333 e. The molecule has 4 nitrogen and oxygen atoms in total. The average Bonchev–Trinajstić information content (AvgIpc) is 3.08. The number of fused-ring (bicyclic) bond motifs is 5. The molecule has 0 bridgehead atoms. The van der Waals surface area contributed by atoms with E-state index in [4.69, 9.17) is 4.74 Å². The lowest BCUT2D eigenvalue weighted by molar-refractivity contribution is -0.143. The average molecular weight is 481 g/mol. The van der Waals surface area contributed by atoms with Crippen LogP contribution in [0.25, 0.3) is 0 Å². The number of carbonyl (C=O) groups excluding carboxylic acids is 3. The van der Waals surface area contributed by atoms with Gasteiger partial charge in [0.2, 0.25) is 0 Å². The highest BCUT2D eigenvalue weighted by Gasteiger charge is 2.61. The summed E-state index contributed by atoms with van der Waals surface area (Å²) in [5.41, 5.74) is 3.36. The topological polar surface area (TPSA) is 60.4 Å². The number of hydrogen-bond donors (Lipinski definition) is 0. The third-order valence-electron chi connectivity index (χ3n) is 11.1. The predicted molar refractivity (Wildman–Crippen MR) is 139 cm³/mol. The Morgan fingerprint density at radius 2 is 1.77 bits per heavy atom. The summed E-state index contributed by atoms with van der Waals surface area (Å²) in [7, 11) is 1.34. The molecule has 0 spiro atoms. The van der Waals surface area contributed by atoms with E-state index < -0.39 is 5.97 Å². The molecule has 0 aliphatic heterocycles. The molecule has 4 aliphatic carbocycles. The van der Waals surface area contributed by atoms with Gasteiger partial charge in [0.25, 0.3) is 0 Å². The van der Waals surface area contributed by atoms with Crippen LogP contribution in [0.5, 0.6) is 0 Å². The van der Waals surface area contributed by atoms with E-state index in [0.29, 0.717) is 36.0 Å². The van der Waals surface area contributed by atoms with Crippen LogP contribution in [0, 0.1) is 39.4 Å². The van der Waals surface area contributed by atoms with E-state index in [2.05, 4.69) is 53.7 Å². The molecule has 0 aromatic rings. The maximum absolute atomic E-state index is 12.8. The summed E-state index contributed by atoms with van der Waals surface area (Å²) in [5.74, 6) is 1.05. The zero-order chi connectivity index (χ0) is 26.0. The van der Waals surface area contributed by atoms with Gasteiger partial charge < -0.3 is 4.74 Å². The van der Waals surface area contributed by atoms with Gasteiger partial charge in [-0.25, -0.2) is 4.79 Å². The van der Waals surface area contributed by atoms with Crippen LogP contribution < -0.4 is 0 Å². The Kier molecular flexibility index (Phi) is 6.38. The van der Waals surface area contributed by atoms with Gasteiger partial charge in [0.15, 0.2) is 5.78 Å². The van der Waals surface area contributed by atoms with Crippen molar-refractivity contribution in [2.24, 2.45) is 39.4 Å². The standard InChI is InChI=1S/C31H44O4/c1-19(27(34)35-8)17-21(32)18-20(2)29(5)15-16-31(7)23-9-11-24-28(3,4)26(33)13-14-30(24,6)22(23)10-12-25(29)31/h9,12,17,20,22,24H,10-11,13-16,18H2,1-8H3/b19-17+/t20-,22-,24+,29+,30-,31+/m1/s1. The molecule has 0 saturated heterocycles. The van der Waals surface area contributed by atoms with Crippen LogP contribution in [0.4, 0.5) is 0 Å². The van der Waals surface area contributed by atoms with Gasteiger partial charge in [-0.2, -0.15) is 0 Å². The van der Waals surface area contributed by atoms with E-state index in [0.717, 1.165) is 32.1 Å². The maximum atomic E-state index is 12.8. The fourth-order valence-corrected chi connectivity index (χ4v) is 8.59. The van der Waals surface area contributed by atoms with E-state index in [1.807, 2.05) is 0 Å². The Bertz CT molecular complexity index is 1040. The Morgan fingerprint density at radius 3 is 2.43 bits per heavy atom. The normalized spacial score (nSPS) is 39.0. The van der Waals surface area contributed by atoms with Gasteiger partial charge in [0.05, 0.1) is 7.11 Å². The van der Waals surface area contributed by atoms with Crippen molar-refractivity contribution >= 4 is 17.5 Å². The van der Waals surface area contributed by atoms with Gasteiger partial charge in [-0.15, -0.1) is 0 Å². The second-order valence-corrected chi connectivity index (χ2v) is 13.1. The first-order chi connectivity index (χ1) is 16.2. The number of rotatable bonds is 5. The summed E-state index contributed by atoms with van der Waals surface area (Å²) in [6, 6.07) is 0. The van der Waals surface area contributed by atoms with E-state index in [1.165, 1.54) is 18.8 Å². The number of allylic oxidation sites excluding steroid dienone is 5. The molecule has 0 radical (unpaired) electrons. The van der Waals surface area contributed by atoms with Crippen molar-refractivity contribution in [3.05, 3.63) is 34.9 Å². The van der Waals surface area contributed by atoms with Gasteiger partial charge >= 0.3 is 5.97 Å². The molecule has 0 N–H and O–H groups in total. The van der Waals surface area contributed by atoms with Gasteiger partial charge in [-0.05, 0) is 73.7 Å².